The van der Waals surface area contributed by atoms with Gasteiger partial charge >= 0.3 is 289 Å². The Kier molecular flexibility index (Phi) is 13.6. The number of unbranched alkanes of at least 4 members (excludes halogenated alkanes) is 2. The zero-order chi connectivity index (χ0) is 33.3. The van der Waals surface area contributed by atoms with Crippen molar-refractivity contribution >= 4 is 89.9 Å². The summed E-state index contributed by atoms with van der Waals surface area (Å²) in [6.07, 6.45) is 4.05. The molecule has 4 saturated heterocycles. The second-order valence-corrected chi connectivity index (χ2v) is 49.5. The predicted octanol–water partition coefficient (Wildman–Crippen LogP) is 6.98. The van der Waals surface area contributed by atoms with Crippen molar-refractivity contribution in [2.75, 3.05) is 0 Å². The Balaban J connectivity index is 2.10. The quantitative estimate of drug-likeness (QED) is 0.159. The van der Waals surface area contributed by atoms with E-state index >= 15 is 0 Å². The van der Waals surface area contributed by atoms with Crippen LogP contribution in [-0.4, -0.2) is 89.9 Å². The summed E-state index contributed by atoms with van der Waals surface area (Å²) >= 11 is -4.11. The molecule has 4 heterocycles. The molecule has 21 heteroatoms. The third-order valence-electron chi connectivity index (χ3n) is 8.75. The van der Waals surface area contributed by atoms with Gasteiger partial charge in [0, 0.05) is 0 Å². The van der Waals surface area contributed by atoms with E-state index in [-0.39, 0.29) is 0 Å². The summed E-state index contributed by atoms with van der Waals surface area (Å²) in [5.41, 5.74) is 0. The molecule has 45 heavy (non-hydrogen) atoms. The minimum absolute atomic E-state index is 0.469. The molecule has 0 amide bonds. The van der Waals surface area contributed by atoms with E-state index in [1.807, 2.05) is 13.8 Å². The van der Waals surface area contributed by atoms with Gasteiger partial charge in [-0.3, -0.25) is 0 Å². The zero-order valence-corrected chi connectivity index (χ0v) is 40.7. The second kappa shape index (κ2) is 15.3. The standard InChI is InChI=1S/C16H42O12Si8.2C4H9.Sn/c1-10-30(17)20-33(13-4)21-31(18,11-2)23-35(15-6)25-32(12-3,19-29(8)9)24-34(14-5,22-30)27-36(16-7,26-33)28-35;2*1-3-4-2;/h29H,10-16H2,1-9H3;2*1,3-4H2,2H3;/q-2;;;+2. The molecule has 0 spiro atoms. The van der Waals surface area contributed by atoms with Crippen LogP contribution in [0.3, 0.4) is 0 Å². The van der Waals surface area contributed by atoms with Crippen LogP contribution in [-0.2, 0) is 46.7 Å². The summed E-state index contributed by atoms with van der Waals surface area (Å²) in [5.74, 6) is 0. The fraction of sp³-hybridized carbons (Fsp3) is 1.00. The maximum absolute atomic E-state index is 7.62. The van der Waals surface area contributed by atoms with Gasteiger partial charge in [-0.05, 0) is 0 Å². The fourth-order valence-corrected chi connectivity index (χ4v) is 76.1. The van der Waals surface area contributed by atoms with Crippen molar-refractivity contribution < 1.29 is 46.7 Å². The number of rotatable bonds is 15. The average Bonchev–Trinajstić information content (AvgIpc) is 2.99. The predicted molar refractivity (Wildman–Crippen MR) is 191 cm³/mol. The van der Waals surface area contributed by atoms with Crippen LogP contribution >= 0.6 is 0 Å². The summed E-state index contributed by atoms with van der Waals surface area (Å²) in [4.78, 5) is 0. The van der Waals surface area contributed by atoms with Crippen LogP contribution in [0.15, 0.2) is 0 Å². The van der Waals surface area contributed by atoms with Crippen molar-refractivity contribution in [3.63, 3.8) is 0 Å². The molecule has 4 unspecified atom stereocenters. The molecule has 4 aliphatic heterocycles. The minimum atomic E-state index is -4.11. The third kappa shape index (κ3) is 8.25. The summed E-state index contributed by atoms with van der Waals surface area (Å²) in [5, 5.41) is 0. The first-order chi connectivity index (χ1) is 21.2. The van der Waals surface area contributed by atoms with E-state index in [0.29, 0.717) is 42.3 Å². The Labute approximate surface area is 287 Å². The number of fused-ring (bicyclic) bond motifs is 4. The zero-order valence-electron chi connectivity index (χ0n) is 29.7. The Morgan fingerprint density at radius 1 is 0.444 bits per heavy atom. The topological polar surface area (TPSA) is 111 Å². The van der Waals surface area contributed by atoms with Gasteiger partial charge < -0.3 is 0 Å². The second-order valence-electron chi connectivity index (χ2n) is 12.7. The average molecular weight is 884 g/mol. The van der Waals surface area contributed by atoms with Crippen LogP contribution in [0.1, 0.15) is 88.0 Å². The van der Waals surface area contributed by atoms with E-state index in [9.17, 15) is 0 Å². The van der Waals surface area contributed by atoms with Crippen molar-refractivity contribution in [2.45, 2.75) is 152 Å². The molecule has 4 fully saturated rings. The van der Waals surface area contributed by atoms with E-state index in [4.69, 9.17) is 46.7 Å². The molecule has 0 saturated carbocycles. The van der Waals surface area contributed by atoms with Crippen LogP contribution in [0.4, 0.5) is 0 Å². The molecule has 12 nitrogen and oxygen atoms in total. The van der Waals surface area contributed by atoms with Crippen LogP contribution in [0.2, 0.25) is 64.3 Å². The normalized spacial score (nSPS) is 42.9. The van der Waals surface area contributed by atoms with Crippen molar-refractivity contribution in [1.82, 2.24) is 0 Å². The number of hydrogen-bond donors (Lipinski definition) is 0. The van der Waals surface area contributed by atoms with Gasteiger partial charge in [-0.2, -0.15) is 0 Å². The first kappa shape index (κ1) is 39.8. The summed E-state index contributed by atoms with van der Waals surface area (Å²) in [7, 11) is -26.9. The molecule has 264 valence electrons. The first-order valence-electron chi connectivity index (χ1n) is 17.6. The van der Waals surface area contributed by atoms with Crippen LogP contribution in [0.25, 0.3) is 0 Å². The van der Waals surface area contributed by atoms with Gasteiger partial charge in [-0.1, -0.05) is 0 Å². The third-order valence-corrected chi connectivity index (χ3v) is 60.0. The van der Waals surface area contributed by atoms with E-state index in [1.54, 1.807) is 0 Å². The Hall–Kier alpha value is 2.05. The van der Waals surface area contributed by atoms with Gasteiger partial charge in [0.25, 0.3) is 0 Å². The van der Waals surface area contributed by atoms with Gasteiger partial charge in [0.05, 0.1) is 0 Å². The Morgan fingerprint density at radius 3 is 1.02 bits per heavy atom. The van der Waals surface area contributed by atoms with Crippen LogP contribution in [0, 0.1) is 0 Å². The molecule has 4 atom stereocenters. The fourth-order valence-electron chi connectivity index (χ4n) is 6.27. The molecule has 4 rings (SSSR count). The molecule has 0 radical (unpaired) electrons. The SMILES string of the molecule is CCC[CH2][Sn]1([CH2]CCC)[O][Si]2(CC)O[Si]3(CC)O[Si](CC)(O[SiH](C)C)O[Si]4(CC)O[Si](CC)(O3)O[Si](CC)(O2)O[Si](CC)(O4)[O]1. The summed E-state index contributed by atoms with van der Waals surface area (Å²) < 4.78 is 89.9. The Bertz CT molecular complexity index is 954. The molecule has 0 aromatic rings. The molecular formula is C24H60O12Si8Sn. The van der Waals surface area contributed by atoms with Crippen molar-refractivity contribution in [3.8, 4) is 0 Å². The van der Waals surface area contributed by atoms with Crippen LogP contribution in [0.5, 0.6) is 0 Å². The summed E-state index contributed by atoms with van der Waals surface area (Å²) in [6.45, 7) is 23.1. The molecule has 0 N–H and O–H groups in total. The van der Waals surface area contributed by atoms with Crippen molar-refractivity contribution in [3.05, 3.63) is 0 Å². The van der Waals surface area contributed by atoms with Gasteiger partial charge in [-0.25, -0.2) is 0 Å². The monoisotopic (exact) mass is 884 g/mol. The molecule has 0 aromatic heterocycles. The summed E-state index contributed by atoms with van der Waals surface area (Å²) in [6, 6.07) is 3.47. The van der Waals surface area contributed by atoms with Gasteiger partial charge in [-0.15, -0.1) is 0 Å². The van der Waals surface area contributed by atoms with E-state index in [0.717, 1.165) is 34.6 Å². The molecule has 0 aromatic carbocycles. The van der Waals surface area contributed by atoms with E-state index in [1.165, 1.54) is 0 Å². The maximum atomic E-state index is 7.62. The Morgan fingerprint density at radius 2 is 0.756 bits per heavy atom. The molecule has 4 aliphatic rings. The number of hydrogen-bond acceptors (Lipinski definition) is 12. The van der Waals surface area contributed by atoms with E-state index in [2.05, 4.69) is 61.6 Å². The van der Waals surface area contributed by atoms with Gasteiger partial charge in [0.2, 0.25) is 0 Å². The van der Waals surface area contributed by atoms with Gasteiger partial charge in [0.1, 0.15) is 0 Å². The van der Waals surface area contributed by atoms with E-state index < -0.39 is 89.9 Å². The van der Waals surface area contributed by atoms with Crippen LogP contribution < -0.4 is 0 Å². The van der Waals surface area contributed by atoms with Crippen molar-refractivity contribution in [2.24, 2.45) is 0 Å². The first-order valence-corrected chi connectivity index (χ1v) is 40.3. The van der Waals surface area contributed by atoms with Crippen molar-refractivity contribution in [1.29, 1.82) is 0 Å². The van der Waals surface area contributed by atoms with Gasteiger partial charge in [0.15, 0.2) is 0 Å². The molecule has 6 bridgehead atoms. The molecular weight excluding hydrogens is 824 g/mol. The molecule has 0 aliphatic carbocycles.